The maximum Gasteiger partial charge on any atom is 0.120 e. The summed E-state index contributed by atoms with van der Waals surface area (Å²) in [6, 6.07) is 12.0. The summed E-state index contributed by atoms with van der Waals surface area (Å²) in [5.74, 6) is 0.897. The number of ether oxygens (including phenoxy) is 1. The van der Waals surface area contributed by atoms with Gasteiger partial charge in [-0.3, -0.25) is 4.98 Å². The van der Waals surface area contributed by atoms with Gasteiger partial charge in [-0.15, -0.1) is 0 Å². The highest BCUT2D eigenvalue weighted by molar-refractivity contribution is 9.08. The molecule has 2 rings (SSSR count). The van der Waals surface area contributed by atoms with Gasteiger partial charge in [0.25, 0.3) is 0 Å². The zero-order valence-electron chi connectivity index (χ0n) is 8.77. The van der Waals surface area contributed by atoms with Gasteiger partial charge in [-0.25, -0.2) is 0 Å². The number of benzene rings is 1. The molecule has 0 spiro atoms. The molecule has 1 aromatic carbocycles. The SMILES string of the molecule is BrCc1cccc(OCc2ccncc2)c1. The Bertz CT molecular complexity index is 445. The van der Waals surface area contributed by atoms with E-state index in [0.29, 0.717) is 6.61 Å². The fraction of sp³-hybridized carbons (Fsp3) is 0.154. The molecular formula is C13H12BrNO. The number of aromatic nitrogens is 1. The fourth-order valence-electron chi connectivity index (χ4n) is 1.36. The largest absolute Gasteiger partial charge is 0.489 e. The minimum atomic E-state index is 0.578. The molecule has 0 amide bonds. The lowest BCUT2D eigenvalue weighted by Crippen LogP contribution is -1.95. The molecule has 0 bridgehead atoms. The molecule has 0 atom stereocenters. The molecule has 0 unspecified atom stereocenters. The van der Waals surface area contributed by atoms with Gasteiger partial charge >= 0.3 is 0 Å². The standard InChI is InChI=1S/C13H12BrNO/c14-9-12-2-1-3-13(8-12)16-10-11-4-6-15-7-5-11/h1-8H,9-10H2. The fourth-order valence-corrected chi connectivity index (χ4v) is 1.71. The topological polar surface area (TPSA) is 22.1 Å². The number of rotatable bonds is 4. The summed E-state index contributed by atoms with van der Waals surface area (Å²) in [5.41, 5.74) is 2.34. The molecule has 2 aromatic rings. The number of hydrogen-bond donors (Lipinski definition) is 0. The van der Waals surface area contributed by atoms with Gasteiger partial charge in [0.2, 0.25) is 0 Å². The number of alkyl halides is 1. The highest BCUT2D eigenvalue weighted by atomic mass is 79.9. The van der Waals surface area contributed by atoms with Gasteiger partial charge in [-0.1, -0.05) is 28.1 Å². The van der Waals surface area contributed by atoms with Crippen LogP contribution in [0.3, 0.4) is 0 Å². The minimum absolute atomic E-state index is 0.578. The number of pyridine rings is 1. The van der Waals surface area contributed by atoms with Crippen LogP contribution in [-0.4, -0.2) is 4.98 Å². The summed E-state index contributed by atoms with van der Waals surface area (Å²) in [6.45, 7) is 0.578. The molecule has 0 N–H and O–H groups in total. The molecule has 2 nitrogen and oxygen atoms in total. The Morgan fingerprint density at radius 2 is 1.88 bits per heavy atom. The van der Waals surface area contributed by atoms with Crippen LogP contribution in [0, 0.1) is 0 Å². The van der Waals surface area contributed by atoms with Crippen LogP contribution in [0.1, 0.15) is 11.1 Å². The van der Waals surface area contributed by atoms with Crippen LogP contribution in [0.25, 0.3) is 0 Å². The van der Waals surface area contributed by atoms with E-state index in [1.807, 2.05) is 30.3 Å². The summed E-state index contributed by atoms with van der Waals surface area (Å²) < 4.78 is 5.69. The van der Waals surface area contributed by atoms with Gasteiger partial charge in [-0.05, 0) is 35.4 Å². The molecule has 0 aliphatic carbocycles. The van der Waals surface area contributed by atoms with Crippen LogP contribution < -0.4 is 4.74 Å². The lowest BCUT2D eigenvalue weighted by Gasteiger charge is -2.06. The summed E-state index contributed by atoms with van der Waals surface area (Å²) >= 11 is 3.42. The zero-order chi connectivity index (χ0) is 11.2. The first-order valence-electron chi connectivity index (χ1n) is 5.05. The van der Waals surface area contributed by atoms with E-state index >= 15 is 0 Å². The van der Waals surface area contributed by atoms with Crippen molar-refractivity contribution in [2.24, 2.45) is 0 Å². The second kappa shape index (κ2) is 5.66. The normalized spacial score (nSPS) is 10.1. The van der Waals surface area contributed by atoms with Crippen molar-refractivity contribution in [3.05, 3.63) is 59.9 Å². The Hall–Kier alpha value is -1.35. The predicted molar refractivity (Wildman–Crippen MR) is 67.6 cm³/mol. The van der Waals surface area contributed by atoms with Crippen molar-refractivity contribution in [2.75, 3.05) is 0 Å². The average molecular weight is 278 g/mol. The first-order chi connectivity index (χ1) is 7.88. The molecule has 3 heteroatoms. The van der Waals surface area contributed by atoms with Crippen LogP contribution in [0.15, 0.2) is 48.8 Å². The van der Waals surface area contributed by atoms with Crippen molar-refractivity contribution in [1.82, 2.24) is 4.98 Å². The van der Waals surface area contributed by atoms with Crippen molar-refractivity contribution in [2.45, 2.75) is 11.9 Å². The third kappa shape index (κ3) is 3.07. The van der Waals surface area contributed by atoms with Gasteiger partial charge in [0.1, 0.15) is 12.4 Å². The van der Waals surface area contributed by atoms with E-state index < -0.39 is 0 Å². The quantitative estimate of drug-likeness (QED) is 0.798. The smallest absolute Gasteiger partial charge is 0.120 e. The van der Waals surface area contributed by atoms with Crippen molar-refractivity contribution in [3.63, 3.8) is 0 Å². The molecule has 0 radical (unpaired) electrons. The van der Waals surface area contributed by atoms with E-state index in [1.165, 1.54) is 5.56 Å². The molecule has 16 heavy (non-hydrogen) atoms. The van der Waals surface area contributed by atoms with Gasteiger partial charge < -0.3 is 4.74 Å². The lowest BCUT2D eigenvalue weighted by atomic mass is 10.2. The second-order valence-corrected chi connectivity index (χ2v) is 3.99. The van der Waals surface area contributed by atoms with Gasteiger partial charge in [0.15, 0.2) is 0 Å². The zero-order valence-corrected chi connectivity index (χ0v) is 10.4. The van der Waals surface area contributed by atoms with Crippen LogP contribution >= 0.6 is 15.9 Å². The van der Waals surface area contributed by atoms with Crippen molar-refractivity contribution in [3.8, 4) is 5.75 Å². The highest BCUT2D eigenvalue weighted by Gasteiger charge is 1.97. The third-order valence-corrected chi connectivity index (χ3v) is 2.86. The van der Waals surface area contributed by atoms with E-state index in [2.05, 4.69) is 27.0 Å². The Kier molecular flexibility index (Phi) is 3.94. The molecule has 0 aliphatic rings. The molecule has 0 fully saturated rings. The number of hydrogen-bond acceptors (Lipinski definition) is 2. The Labute approximate surface area is 103 Å². The van der Waals surface area contributed by atoms with Gasteiger partial charge in [-0.2, -0.15) is 0 Å². The molecule has 82 valence electrons. The van der Waals surface area contributed by atoms with Crippen molar-refractivity contribution in [1.29, 1.82) is 0 Å². The molecule has 1 heterocycles. The minimum Gasteiger partial charge on any atom is -0.489 e. The second-order valence-electron chi connectivity index (χ2n) is 3.43. The molecule has 0 saturated heterocycles. The summed E-state index contributed by atoms with van der Waals surface area (Å²) in [5, 5.41) is 0.847. The molecule has 0 aliphatic heterocycles. The first-order valence-corrected chi connectivity index (χ1v) is 6.17. The maximum absolute atomic E-state index is 5.69. The van der Waals surface area contributed by atoms with E-state index in [-0.39, 0.29) is 0 Å². The average Bonchev–Trinajstić information content (AvgIpc) is 2.38. The summed E-state index contributed by atoms with van der Waals surface area (Å²) in [6.07, 6.45) is 3.54. The van der Waals surface area contributed by atoms with E-state index in [0.717, 1.165) is 16.6 Å². The van der Waals surface area contributed by atoms with E-state index in [1.54, 1.807) is 12.4 Å². The van der Waals surface area contributed by atoms with Crippen LogP contribution in [0.2, 0.25) is 0 Å². The Balaban J connectivity index is 1.99. The number of nitrogens with zero attached hydrogens (tertiary/aromatic N) is 1. The van der Waals surface area contributed by atoms with E-state index in [9.17, 15) is 0 Å². The van der Waals surface area contributed by atoms with Crippen LogP contribution in [0.4, 0.5) is 0 Å². The monoisotopic (exact) mass is 277 g/mol. The highest BCUT2D eigenvalue weighted by Crippen LogP contribution is 2.16. The number of halogens is 1. The molecule has 1 aromatic heterocycles. The van der Waals surface area contributed by atoms with Crippen molar-refractivity contribution < 1.29 is 4.74 Å². The molecular weight excluding hydrogens is 266 g/mol. The van der Waals surface area contributed by atoms with Gasteiger partial charge in [0, 0.05) is 17.7 Å². The molecule has 0 saturated carbocycles. The van der Waals surface area contributed by atoms with Gasteiger partial charge in [0.05, 0.1) is 0 Å². The predicted octanol–water partition coefficient (Wildman–Crippen LogP) is 3.56. The summed E-state index contributed by atoms with van der Waals surface area (Å²) in [7, 11) is 0. The van der Waals surface area contributed by atoms with Crippen LogP contribution in [0.5, 0.6) is 5.75 Å². The van der Waals surface area contributed by atoms with Crippen LogP contribution in [-0.2, 0) is 11.9 Å². The van der Waals surface area contributed by atoms with E-state index in [4.69, 9.17) is 4.74 Å². The maximum atomic E-state index is 5.69. The third-order valence-electron chi connectivity index (χ3n) is 2.21. The summed E-state index contributed by atoms with van der Waals surface area (Å²) in [4.78, 5) is 3.97. The lowest BCUT2D eigenvalue weighted by molar-refractivity contribution is 0.306. The Morgan fingerprint density at radius 1 is 1.06 bits per heavy atom. The Morgan fingerprint density at radius 3 is 2.62 bits per heavy atom. The van der Waals surface area contributed by atoms with Crippen molar-refractivity contribution >= 4 is 15.9 Å². The first kappa shape index (κ1) is 11.1.